The van der Waals surface area contributed by atoms with Gasteiger partial charge in [0.1, 0.15) is 17.7 Å². The van der Waals surface area contributed by atoms with Crippen molar-refractivity contribution in [1.29, 1.82) is 0 Å². The molecule has 0 aromatic heterocycles. The number of esters is 1. The number of amides is 4. The van der Waals surface area contributed by atoms with Gasteiger partial charge in [0.15, 0.2) is 5.78 Å². The zero-order chi connectivity index (χ0) is 37.8. The van der Waals surface area contributed by atoms with Crippen molar-refractivity contribution < 1.29 is 33.5 Å². The number of carbonyl (C=O) groups is 6. The van der Waals surface area contributed by atoms with Gasteiger partial charge in [0.05, 0.1) is 12.8 Å². The van der Waals surface area contributed by atoms with Crippen LogP contribution in [0.3, 0.4) is 0 Å². The van der Waals surface area contributed by atoms with Crippen LogP contribution in [0.4, 0.5) is 0 Å². The van der Waals surface area contributed by atoms with Gasteiger partial charge >= 0.3 is 5.97 Å². The maximum Gasteiger partial charge on any atom is 0.329 e. The molecule has 2 unspecified atom stereocenters. The third-order valence-corrected chi connectivity index (χ3v) is 11.1. The largest absolute Gasteiger partial charge is 0.458 e. The van der Waals surface area contributed by atoms with Gasteiger partial charge in [-0.05, 0) is 86.1 Å². The molecule has 0 radical (unpaired) electrons. The summed E-state index contributed by atoms with van der Waals surface area (Å²) in [6, 6.07) is -1.61. The van der Waals surface area contributed by atoms with E-state index in [1.165, 1.54) is 25.5 Å². The molecular formula is C36H62N6O7S2. The summed E-state index contributed by atoms with van der Waals surface area (Å²) in [7, 11) is 3.50. The molecule has 5 atom stereocenters. The molecule has 13 nitrogen and oxygen atoms in total. The Labute approximate surface area is 313 Å². The van der Waals surface area contributed by atoms with E-state index in [9.17, 15) is 28.8 Å². The number of nitrogens with one attached hydrogen (secondary N) is 4. The Kier molecular flexibility index (Phi) is 20.8. The van der Waals surface area contributed by atoms with E-state index >= 15 is 0 Å². The topological polar surface area (TPSA) is 175 Å². The van der Waals surface area contributed by atoms with Gasteiger partial charge < -0.3 is 30.9 Å². The third-order valence-electron chi connectivity index (χ3n) is 8.46. The lowest BCUT2D eigenvalue weighted by Gasteiger charge is -2.26. The summed E-state index contributed by atoms with van der Waals surface area (Å²) in [6.45, 7) is 7.96. The minimum Gasteiger partial charge on any atom is -0.458 e. The lowest BCUT2D eigenvalue weighted by Crippen LogP contribution is -2.53. The van der Waals surface area contributed by atoms with Crippen LogP contribution in [0.15, 0.2) is 4.99 Å². The average Bonchev–Trinajstić information content (AvgIpc) is 3.60. The summed E-state index contributed by atoms with van der Waals surface area (Å²) in [5.74, 6) is 1.74. The highest BCUT2D eigenvalue weighted by Gasteiger charge is 2.42. The molecule has 2 fully saturated rings. The minimum atomic E-state index is -1.08. The van der Waals surface area contributed by atoms with Crippen molar-refractivity contribution in [2.75, 3.05) is 51.0 Å². The second-order valence-electron chi connectivity index (χ2n) is 14.6. The number of aliphatic imine (C=N–C) groups is 1. The zero-order valence-corrected chi connectivity index (χ0v) is 33.2. The number of likely N-dealkylation sites (N-methyl/N-ethyl adjacent to an activating group) is 1. The quantitative estimate of drug-likeness (QED) is 0.0617. The fraction of sp³-hybridized carbons (Fsp3) is 0.806. The number of ketones is 1. The van der Waals surface area contributed by atoms with Gasteiger partial charge in [-0.3, -0.25) is 29.0 Å². The van der Waals surface area contributed by atoms with Crippen LogP contribution < -0.4 is 21.3 Å². The number of thioether (sulfide) groups is 2. The summed E-state index contributed by atoms with van der Waals surface area (Å²) >= 11 is 3.80. The Morgan fingerprint density at radius 1 is 1.00 bits per heavy atom. The number of hydrogen-bond donors (Lipinski definition) is 4. The van der Waals surface area contributed by atoms with Crippen LogP contribution in [-0.2, 0) is 33.5 Å². The van der Waals surface area contributed by atoms with E-state index < -0.39 is 29.6 Å². The monoisotopic (exact) mass is 754 g/mol. The molecule has 0 saturated carbocycles. The standard InChI is InChI=1S/C36H62N6O7S2/c1-7-37-22-25(43)15-16-28(35(48)49-36(2,3)4)41-34(47)27(39-33(46)23-42(5)6)13-10-11-18-38-31(44)17-20-50-19-12-8-9-14-30-26-21-32(45)40-29(26)24-51-30/h22,26-30H,7-21,23-24H2,1-6H3,(H,38,44)(H,39,46)(H,40,45)(H,41,47)/t26?,27?,28-,29-,30-/m0/s1. The first kappa shape index (κ1) is 44.5. The summed E-state index contributed by atoms with van der Waals surface area (Å²) in [5.41, 5.74) is -0.799. The van der Waals surface area contributed by atoms with Crippen LogP contribution >= 0.6 is 23.5 Å². The molecule has 0 aliphatic carbocycles. The van der Waals surface area contributed by atoms with E-state index in [4.69, 9.17) is 4.74 Å². The number of carbonyl (C=O) groups excluding carboxylic acids is 6. The van der Waals surface area contributed by atoms with Gasteiger partial charge in [-0.2, -0.15) is 23.5 Å². The van der Waals surface area contributed by atoms with Gasteiger partial charge in [-0.1, -0.05) is 12.8 Å². The van der Waals surface area contributed by atoms with E-state index in [2.05, 4.69) is 26.3 Å². The highest BCUT2D eigenvalue weighted by Crippen LogP contribution is 2.40. The maximum atomic E-state index is 13.4. The molecule has 15 heteroatoms. The Balaban J connectivity index is 1.72. The Hall–Kier alpha value is -2.65. The van der Waals surface area contributed by atoms with Crippen LogP contribution in [0.2, 0.25) is 0 Å². The molecular weight excluding hydrogens is 693 g/mol. The molecule has 0 spiro atoms. The van der Waals surface area contributed by atoms with Crippen molar-refractivity contribution in [3.63, 3.8) is 0 Å². The first-order valence-corrected chi connectivity index (χ1v) is 20.6. The van der Waals surface area contributed by atoms with Gasteiger partial charge in [-0.15, -0.1) is 0 Å². The maximum absolute atomic E-state index is 13.4. The van der Waals surface area contributed by atoms with E-state index in [-0.39, 0.29) is 42.9 Å². The molecule has 4 amide bonds. The number of unbranched alkanes of at least 4 members (excludes halogenated alkanes) is 3. The first-order chi connectivity index (χ1) is 24.2. The van der Waals surface area contributed by atoms with Gasteiger partial charge in [-0.25, -0.2) is 4.79 Å². The second-order valence-corrected chi connectivity index (χ2v) is 17.1. The summed E-state index contributed by atoms with van der Waals surface area (Å²) in [5, 5.41) is 12.1. The van der Waals surface area contributed by atoms with Crippen molar-refractivity contribution in [2.24, 2.45) is 10.9 Å². The average molecular weight is 755 g/mol. The lowest BCUT2D eigenvalue weighted by molar-refractivity contribution is -0.159. The van der Waals surface area contributed by atoms with Gasteiger partial charge in [0.25, 0.3) is 0 Å². The molecule has 2 aliphatic rings. The molecule has 2 saturated heterocycles. The lowest BCUT2D eigenvalue weighted by atomic mass is 9.94. The SMILES string of the molecule is CCN=CC(=O)CC[C@H](NC(=O)C(CCCCNC(=O)CCSCCCCC[C@@H]1SC[C@@H]2NC(=O)CC21)NC(=O)CN(C)C)C(=O)OC(C)(C)C. The number of nitrogens with zero attached hydrogens (tertiary/aromatic N) is 2. The Bertz CT molecular complexity index is 1180. The molecule has 0 aromatic carbocycles. The molecule has 51 heavy (non-hydrogen) atoms. The van der Waals surface area contributed by atoms with Crippen molar-refractivity contribution in [2.45, 2.75) is 127 Å². The van der Waals surface area contributed by atoms with Gasteiger partial charge in [0.2, 0.25) is 23.6 Å². The second kappa shape index (κ2) is 23.8. The fourth-order valence-electron chi connectivity index (χ4n) is 5.95. The zero-order valence-electron chi connectivity index (χ0n) is 31.6. The summed E-state index contributed by atoms with van der Waals surface area (Å²) in [6.07, 6.45) is 8.47. The molecule has 2 aliphatic heterocycles. The summed E-state index contributed by atoms with van der Waals surface area (Å²) < 4.78 is 5.51. The normalized spacial score (nSPS) is 19.7. The molecule has 4 N–H and O–H groups in total. The van der Waals surface area contributed by atoms with Crippen molar-refractivity contribution in [3.05, 3.63) is 0 Å². The first-order valence-electron chi connectivity index (χ1n) is 18.4. The van der Waals surface area contributed by atoms with Crippen molar-refractivity contribution in [3.8, 4) is 0 Å². The number of rotatable bonds is 25. The van der Waals surface area contributed by atoms with E-state index in [1.54, 1.807) is 58.5 Å². The number of ether oxygens (including phenoxy) is 1. The van der Waals surface area contributed by atoms with Crippen LogP contribution in [0.5, 0.6) is 0 Å². The predicted octanol–water partition coefficient (Wildman–Crippen LogP) is 2.89. The number of hydrogen-bond acceptors (Lipinski definition) is 11. The minimum absolute atomic E-state index is 0.00696. The molecule has 2 rings (SSSR count). The van der Waals surface area contributed by atoms with Crippen LogP contribution in [0.25, 0.3) is 0 Å². The fourth-order valence-corrected chi connectivity index (χ4v) is 8.54. The highest BCUT2D eigenvalue weighted by atomic mass is 32.2. The molecule has 0 bridgehead atoms. The van der Waals surface area contributed by atoms with E-state index in [0.717, 1.165) is 23.7 Å². The summed E-state index contributed by atoms with van der Waals surface area (Å²) in [4.78, 5) is 80.9. The van der Waals surface area contributed by atoms with Crippen LogP contribution in [-0.4, -0.2) is 126 Å². The van der Waals surface area contributed by atoms with E-state index in [0.29, 0.717) is 62.4 Å². The molecule has 0 aromatic rings. The Morgan fingerprint density at radius 2 is 1.76 bits per heavy atom. The van der Waals surface area contributed by atoms with Crippen molar-refractivity contribution in [1.82, 2.24) is 26.2 Å². The third kappa shape index (κ3) is 19.1. The number of fused-ring (bicyclic) bond motifs is 1. The van der Waals surface area contributed by atoms with Crippen LogP contribution in [0, 0.1) is 5.92 Å². The van der Waals surface area contributed by atoms with Crippen LogP contribution in [0.1, 0.15) is 98.3 Å². The van der Waals surface area contributed by atoms with Crippen molar-refractivity contribution >= 4 is 65.1 Å². The smallest absolute Gasteiger partial charge is 0.329 e. The number of Topliss-reactive ketones (excluding diaryl/α,β-unsaturated/α-hetero) is 1. The Morgan fingerprint density at radius 3 is 2.47 bits per heavy atom. The highest BCUT2D eigenvalue weighted by molar-refractivity contribution is 8.00. The molecule has 290 valence electrons. The van der Waals surface area contributed by atoms with Gasteiger partial charge in [0, 0.05) is 61.1 Å². The van der Waals surface area contributed by atoms with E-state index in [1.807, 2.05) is 11.8 Å². The molecule has 2 heterocycles. The predicted molar refractivity (Wildman–Crippen MR) is 205 cm³/mol.